The summed E-state index contributed by atoms with van der Waals surface area (Å²) in [4.78, 5) is 45.3. The number of thiazole rings is 1. The Morgan fingerprint density at radius 2 is 2.12 bits per heavy atom. The molecule has 0 bridgehead atoms. The lowest BCUT2D eigenvalue weighted by atomic mass is 10.1. The number of ether oxygens (including phenoxy) is 1. The predicted octanol–water partition coefficient (Wildman–Crippen LogP) is -0.883. The summed E-state index contributed by atoms with van der Waals surface area (Å²) in [5.74, 6) is -0.447. The molecular weight excluding hydrogens is 358 g/mol. The molecule has 140 valence electrons. The summed E-state index contributed by atoms with van der Waals surface area (Å²) in [5.41, 5.74) is 0.693. The second-order valence-corrected chi connectivity index (χ2v) is 7.67. The first-order chi connectivity index (χ1) is 12.5. The monoisotopic (exact) mass is 379 g/mol. The fraction of sp³-hybridized carbons (Fsp3) is 0.625. The lowest BCUT2D eigenvalue weighted by molar-refractivity contribution is -0.143. The van der Waals surface area contributed by atoms with Crippen molar-refractivity contribution in [2.45, 2.75) is 25.4 Å². The third-order valence-corrected chi connectivity index (χ3v) is 6.16. The van der Waals surface area contributed by atoms with Gasteiger partial charge in [0.1, 0.15) is 10.9 Å². The molecule has 0 saturated carbocycles. The average Bonchev–Trinajstić information content (AvgIpc) is 3.23. The average molecular weight is 379 g/mol. The maximum absolute atomic E-state index is 12.7. The van der Waals surface area contributed by atoms with E-state index in [1.165, 1.54) is 11.3 Å². The van der Waals surface area contributed by atoms with Crippen molar-refractivity contribution >= 4 is 34.2 Å². The van der Waals surface area contributed by atoms with Crippen molar-refractivity contribution in [3.8, 4) is 0 Å². The molecule has 3 aliphatic rings. The molecule has 0 spiro atoms. The summed E-state index contributed by atoms with van der Waals surface area (Å²) >= 11 is 1.37. The van der Waals surface area contributed by atoms with Crippen molar-refractivity contribution < 1.29 is 19.1 Å². The summed E-state index contributed by atoms with van der Waals surface area (Å²) in [6.07, 6.45) is 0.442. The lowest BCUT2D eigenvalue weighted by Crippen LogP contribution is -2.55. The number of aryl methyl sites for hydroxylation is 1. The first kappa shape index (κ1) is 17.2. The number of piperazine rings is 1. The molecule has 1 aromatic rings. The van der Waals surface area contributed by atoms with Gasteiger partial charge in [0.15, 0.2) is 5.13 Å². The van der Waals surface area contributed by atoms with Crippen molar-refractivity contribution in [1.82, 2.24) is 20.5 Å². The quantitative estimate of drug-likeness (QED) is 0.707. The van der Waals surface area contributed by atoms with Crippen LogP contribution in [0.3, 0.4) is 0 Å². The Morgan fingerprint density at radius 3 is 2.85 bits per heavy atom. The van der Waals surface area contributed by atoms with Crippen LogP contribution in [-0.2, 0) is 14.3 Å². The molecular formula is C16H21N5O4S. The molecule has 26 heavy (non-hydrogen) atoms. The summed E-state index contributed by atoms with van der Waals surface area (Å²) in [6.45, 7) is 5.09. The van der Waals surface area contributed by atoms with Crippen LogP contribution in [0.2, 0.25) is 0 Å². The zero-order valence-electron chi connectivity index (χ0n) is 14.5. The Hall–Kier alpha value is -2.20. The van der Waals surface area contributed by atoms with Crippen LogP contribution in [0.4, 0.5) is 5.13 Å². The molecule has 3 amide bonds. The summed E-state index contributed by atoms with van der Waals surface area (Å²) < 4.78 is 5.35. The molecule has 0 radical (unpaired) electrons. The SMILES string of the molecule is Cc1nc(N2CCOCC2)sc1C(=O)N[C@@H]1C[C@H]2C(=O)NCC(=O)N2C1. The normalized spacial score (nSPS) is 25.9. The topological polar surface area (TPSA) is 104 Å². The van der Waals surface area contributed by atoms with Crippen molar-refractivity contribution in [2.24, 2.45) is 0 Å². The first-order valence-corrected chi connectivity index (χ1v) is 9.52. The van der Waals surface area contributed by atoms with Gasteiger partial charge in [-0.1, -0.05) is 11.3 Å². The minimum atomic E-state index is -0.479. The molecule has 4 rings (SSSR count). The number of nitrogens with zero attached hydrogens (tertiary/aromatic N) is 3. The molecule has 1 aromatic heterocycles. The number of amides is 3. The van der Waals surface area contributed by atoms with E-state index in [1.54, 1.807) is 4.90 Å². The number of fused-ring (bicyclic) bond motifs is 1. The van der Waals surface area contributed by atoms with Gasteiger partial charge >= 0.3 is 0 Å². The Labute approximate surface area is 154 Å². The van der Waals surface area contributed by atoms with Gasteiger partial charge in [-0.15, -0.1) is 0 Å². The van der Waals surface area contributed by atoms with Gasteiger partial charge in [0, 0.05) is 25.7 Å². The number of hydrogen-bond acceptors (Lipinski definition) is 7. The van der Waals surface area contributed by atoms with Gasteiger partial charge in [0.05, 0.1) is 25.5 Å². The van der Waals surface area contributed by atoms with E-state index in [9.17, 15) is 14.4 Å². The van der Waals surface area contributed by atoms with Gasteiger partial charge < -0.3 is 25.2 Å². The number of anilines is 1. The number of hydrogen-bond donors (Lipinski definition) is 2. The largest absolute Gasteiger partial charge is 0.378 e. The zero-order valence-corrected chi connectivity index (χ0v) is 15.3. The first-order valence-electron chi connectivity index (χ1n) is 8.71. The van der Waals surface area contributed by atoms with E-state index in [1.807, 2.05) is 6.92 Å². The van der Waals surface area contributed by atoms with Crippen LogP contribution in [0, 0.1) is 6.92 Å². The van der Waals surface area contributed by atoms with Crippen LogP contribution < -0.4 is 15.5 Å². The van der Waals surface area contributed by atoms with Crippen LogP contribution in [0.5, 0.6) is 0 Å². The molecule has 3 saturated heterocycles. The number of carbonyl (C=O) groups is 3. The molecule has 10 heteroatoms. The van der Waals surface area contributed by atoms with Crippen molar-refractivity contribution in [3.05, 3.63) is 10.6 Å². The Bertz CT molecular complexity index is 721. The minimum Gasteiger partial charge on any atom is -0.378 e. The molecule has 4 heterocycles. The minimum absolute atomic E-state index is 0.0346. The Kier molecular flexibility index (Phi) is 4.53. The number of aromatic nitrogens is 1. The summed E-state index contributed by atoms with van der Waals surface area (Å²) in [5, 5.41) is 6.38. The lowest BCUT2D eigenvalue weighted by Gasteiger charge is -2.28. The fourth-order valence-corrected chi connectivity index (χ4v) is 4.60. The van der Waals surface area contributed by atoms with Crippen LogP contribution in [0.1, 0.15) is 21.8 Å². The molecule has 2 N–H and O–H groups in total. The Balaban J connectivity index is 1.43. The molecule has 9 nitrogen and oxygen atoms in total. The molecule has 3 aliphatic heterocycles. The van der Waals surface area contributed by atoms with Crippen LogP contribution >= 0.6 is 11.3 Å². The third kappa shape index (κ3) is 3.14. The number of rotatable bonds is 3. The highest BCUT2D eigenvalue weighted by molar-refractivity contribution is 7.17. The van der Waals surface area contributed by atoms with Gasteiger partial charge in [-0.05, 0) is 13.3 Å². The molecule has 0 aromatic carbocycles. The van der Waals surface area contributed by atoms with Gasteiger partial charge in [0.2, 0.25) is 11.8 Å². The van der Waals surface area contributed by atoms with E-state index in [2.05, 4.69) is 20.5 Å². The van der Waals surface area contributed by atoms with E-state index in [4.69, 9.17) is 4.74 Å². The molecule has 0 aliphatic carbocycles. The van der Waals surface area contributed by atoms with E-state index in [0.717, 1.165) is 18.2 Å². The zero-order chi connectivity index (χ0) is 18.3. The van der Waals surface area contributed by atoms with E-state index in [0.29, 0.717) is 36.8 Å². The highest BCUT2D eigenvalue weighted by Gasteiger charge is 2.43. The van der Waals surface area contributed by atoms with Crippen LogP contribution in [-0.4, -0.2) is 79.1 Å². The van der Waals surface area contributed by atoms with Gasteiger partial charge in [0.25, 0.3) is 5.91 Å². The fourth-order valence-electron chi connectivity index (χ4n) is 3.58. The molecule has 3 fully saturated rings. The highest BCUT2D eigenvalue weighted by atomic mass is 32.1. The van der Waals surface area contributed by atoms with E-state index >= 15 is 0 Å². The standard InChI is InChI=1S/C16H21N5O4S/c1-9-13(26-16(18-9)20-2-4-25-5-3-20)15(24)19-10-6-11-14(23)17-7-12(22)21(11)8-10/h10-11H,2-8H2,1H3,(H,17,23)(H,19,24)/t10-,11+/m1/s1. The summed E-state index contributed by atoms with van der Waals surface area (Å²) in [7, 11) is 0. The second kappa shape index (κ2) is 6.84. The van der Waals surface area contributed by atoms with E-state index < -0.39 is 6.04 Å². The van der Waals surface area contributed by atoms with Gasteiger partial charge in [-0.2, -0.15) is 0 Å². The van der Waals surface area contributed by atoms with E-state index in [-0.39, 0.29) is 30.3 Å². The number of morpholine rings is 1. The Morgan fingerprint density at radius 1 is 1.35 bits per heavy atom. The predicted molar refractivity (Wildman–Crippen MR) is 94.3 cm³/mol. The van der Waals surface area contributed by atoms with Crippen molar-refractivity contribution in [2.75, 3.05) is 44.3 Å². The van der Waals surface area contributed by atoms with Crippen LogP contribution in [0.25, 0.3) is 0 Å². The number of nitrogens with one attached hydrogen (secondary N) is 2. The second-order valence-electron chi connectivity index (χ2n) is 6.70. The van der Waals surface area contributed by atoms with Gasteiger partial charge in [-0.25, -0.2) is 4.98 Å². The van der Waals surface area contributed by atoms with Crippen molar-refractivity contribution in [1.29, 1.82) is 0 Å². The maximum atomic E-state index is 12.7. The molecule has 2 atom stereocenters. The molecule has 0 unspecified atom stereocenters. The van der Waals surface area contributed by atoms with Crippen LogP contribution in [0.15, 0.2) is 0 Å². The number of carbonyl (C=O) groups excluding carboxylic acids is 3. The van der Waals surface area contributed by atoms with Crippen molar-refractivity contribution in [3.63, 3.8) is 0 Å². The third-order valence-electron chi connectivity index (χ3n) is 4.95. The highest BCUT2D eigenvalue weighted by Crippen LogP contribution is 2.27. The summed E-state index contributed by atoms with van der Waals surface area (Å²) in [6, 6.07) is -0.707. The van der Waals surface area contributed by atoms with Gasteiger partial charge in [-0.3, -0.25) is 14.4 Å². The maximum Gasteiger partial charge on any atom is 0.263 e. The smallest absolute Gasteiger partial charge is 0.263 e.